The van der Waals surface area contributed by atoms with Gasteiger partial charge in [-0.25, -0.2) is 0 Å². The Labute approximate surface area is 127 Å². The van der Waals surface area contributed by atoms with Crippen molar-refractivity contribution in [3.8, 4) is 5.75 Å². The van der Waals surface area contributed by atoms with E-state index in [9.17, 15) is 0 Å². The number of hydrogen-bond donors (Lipinski definition) is 1. The second-order valence-electron chi connectivity index (χ2n) is 5.43. The van der Waals surface area contributed by atoms with Crippen LogP contribution < -0.4 is 10.1 Å². The Balaban J connectivity index is 1.92. The van der Waals surface area contributed by atoms with Crippen LogP contribution in [-0.2, 0) is 26.5 Å². The molecule has 1 aromatic carbocycles. The van der Waals surface area contributed by atoms with Crippen molar-refractivity contribution in [3.05, 3.63) is 47.3 Å². The first kappa shape index (κ1) is 15.6. The van der Waals surface area contributed by atoms with Crippen molar-refractivity contribution in [2.24, 2.45) is 7.05 Å². The third-order valence-electron chi connectivity index (χ3n) is 3.73. The summed E-state index contributed by atoms with van der Waals surface area (Å²) in [7, 11) is 3.95. The van der Waals surface area contributed by atoms with Gasteiger partial charge in [-0.3, -0.25) is 4.68 Å². The fourth-order valence-corrected chi connectivity index (χ4v) is 2.21. The number of aromatic nitrogens is 2. The van der Waals surface area contributed by atoms with E-state index in [0.717, 1.165) is 30.0 Å². The molecule has 21 heavy (non-hydrogen) atoms. The second-order valence-corrected chi connectivity index (χ2v) is 5.43. The summed E-state index contributed by atoms with van der Waals surface area (Å²) in [6.07, 6.45) is 1.98. The molecule has 0 amide bonds. The van der Waals surface area contributed by atoms with Crippen LogP contribution in [0.15, 0.2) is 30.3 Å². The largest absolute Gasteiger partial charge is 0.487 e. The number of nitrogens with zero attached hydrogens (tertiary/aromatic N) is 2. The van der Waals surface area contributed by atoms with E-state index in [-0.39, 0.29) is 0 Å². The fraction of sp³-hybridized carbons (Fsp3) is 0.471. The number of hydrogen-bond acceptors (Lipinski definition) is 3. The SMILES string of the molecule is CCc1cc(COc2ccc(CC(C)NC)cc2)n(C)n1. The molecule has 2 rings (SSSR count). The van der Waals surface area contributed by atoms with Crippen molar-refractivity contribution >= 4 is 0 Å². The summed E-state index contributed by atoms with van der Waals surface area (Å²) in [5.41, 5.74) is 3.52. The van der Waals surface area contributed by atoms with E-state index in [4.69, 9.17) is 4.74 Å². The molecule has 4 heteroatoms. The molecule has 1 heterocycles. The van der Waals surface area contributed by atoms with Gasteiger partial charge < -0.3 is 10.1 Å². The highest BCUT2D eigenvalue weighted by atomic mass is 16.5. The maximum Gasteiger partial charge on any atom is 0.130 e. The highest BCUT2D eigenvalue weighted by Gasteiger charge is 2.05. The predicted molar refractivity (Wildman–Crippen MR) is 85.6 cm³/mol. The normalized spacial score (nSPS) is 12.4. The van der Waals surface area contributed by atoms with Crippen LogP contribution in [0.3, 0.4) is 0 Å². The van der Waals surface area contributed by atoms with Crippen molar-refractivity contribution in [1.82, 2.24) is 15.1 Å². The summed E-state index contributed by atoms with van der Waals surface area (Å²) in [5, 5.41) is 7.68. The molecule has 0 aliphatic heterocycles. The van der Waals surface area contributed by atoms with E-state index in [1.807, 2.05) is 30.9 Å². The lowest BCUT2D eigenvalue weighted by atomic mass is 10.1. The van der Waals surface area contributed by atoms with Gasteiger partial charge in [-0.1, -0.05) is 19.1 Å². The first-order chi connectivity index (χ1) is 10.1. The van der Waals surface area contributed by atoms with Crippen molar-refractivity contribution in [2.45, 2.75) is 39.3 Å². The minimum absolute atomic E-state index is 0.485. The standard InChI is InChI=1S/C17H25N3O/c1-5-15-11-16(20(4)19-15)12-21-17-8-6-14(7-9-17)10-13(2)18-3/h6-9,11,13,18H,5,10,12H2,1-4H3. The second kappa shape index (κ2) is 7.27. The molecule has 0 saturated carbocycles. The number of ether oxygens (including phenoxy) is 1. The van der Waals surface area contributed by atoms with Crippen LogP contribution in [0, 0.1) is 0 Å². The van der Waals surface area contributed by atoms with E-state index in [0.29, 0.717) is 12.6 Å². The smallest absolute Gasteiger partial charge is 0.130 e. The van der Waals surface area contributed by atoms with Gasteiger partial charge in [-0.15, -0.1) is 0 Å². The van der Waals surface area contributed by atoms with Gasteiger partial charge in [0, 0.05) is 13.1 Å². The highest BCUT2D eigenvalue weighted by Crippen LogP contribution is 2.15. The lowest BCUT2D eigenvalue weighted by Crippen LogP contribution is -2.23. The number of nitrogens with one attached hydrogen (secondary N) is 1. The first-order valence-corrected chi connectivity index (χ1v) is 7.53. The van der Waals surface area contributed by atoms with Crippen LogP contribution in [0.1, 0.15) is 30.8 Å². The van der Waals surface area contributed by atoms with E-state index >= 15 is 0 Å². The average molecular weight is 287 g/mol. The van der Waals surface area contributed by atoms with Gasteiger partial charge in [0.1, 0.15) is 12.4 Å². The van der Waals surface area contributed by atoms with Crippen molar-refractivity contribution in [2.75, 3.05) is 7.05 Å². The molecule has 0 fully saturated rings. The Hall–Kier alpha value is -1.81. The molecule has 2 aromatic rings. The van der Waals surface area contributed by atoms with E-state index in [1.165, 1.54) is 5.56 Å². The van der Waals surface area contributed by atoms with Gasteiger partial charge in [0.25, 0.3) is 0 Å². The summed E-state index contributed by atoms with van der Waals surface area (Å²) in [5.74, 6) is 0.898. The minimum Gasteiger partial charge on any atom is -0.487 e. The van der Waals surface area contributed by atoms with Gasteiger partial charge in [-0.05, 0) is 50.6 Å². The Morgan fingerprint density at radius 3 is 2.57 bits per heavy atom. The van der Waals surface area contributed by atoms with Crippen LogP contribution in [0.2, 0.25) is 0 Å². The van der Waals surface area contributed by atoms with Gasteiger partial charge >= 0.3 is 0 Å². The van der Waals surface area contributed by atoms with Gasteiger partial charge in [0.05, 0.1) is 11.4 Å². The molecule has 0 aliphatic rings. The van der Waals surface area contributed by atoms with Gasteiger partial charge in [0.2, 0.25) is 0 Å². The van der Waals surface area contributed by atoms with Crippen LogP contribution >= 0.6 is 0 Å². The molecule has 0 spiro atoms. The summed E-state index contributed by atoms with van der Waals surface area (Å²) in [6.45, 7) is 4.84. The molecule has 1 aromatic heterocycles. The number of likely N-dealkylation sites (N-methyl/N-ethyl adjacent to an activating group) is 1. The monoisotopic (exact) mass is 287 g/mol. The van der Waals surface area contributed by atoms with Crippen LogP contribution in [0.25, 0.3) is 0 Å². The lowest BCUT2D eigenvalue weighted by Gasteiger charge is -2.11. The Morgan fingerprint density at radius 2 is 2.00 bits per heavy atom. The zero-order chi connectivity index (χ0) is 15.2. The fourth-order valence-electron chi connectivity index (χ4n) is 2.21. The predicted octanol–water partition coefficient (Wildman–Crippen LogP) is 2.71. The van der Waals surface area contributed by atoms with E-state index < -0.39 is 0 Å². The molecule has 1 N–H and O–H groups in total. The van der Waals surface area contributed by atoms with Crippen LogP contribution in [0.5, 0.6) is 5.75 Å². The number of aryl methyl sites for hydroxylation is 2. The van der Waals surface area contributed by atoms with Gasteiger partial charge in [0.15, 0.2) is 0 Å². The zero-order valence-corrected chi connectivity index (χ0v) is 13.4. The Bertz CT molecular complexity index is 560. The summed E-state index contributed by atoms with van der Waals surface area (Å²) in [4.78, 5) is 0. The molecule has 0 bridgehead atoms. The number of rotatable bonds is 7. The minimum atomic E-state index is 0.485. The van der Waals surface area contributed by atoms with Crippen molar-refractivity contribution in [1.29, 1.82) is 0 Å². The topological polar surface area (TPSA) is 39.1 Å². The quantitative estimate of drug-likeness (QED) is 0.851. The molecule has 4 nitrogen and oxygen atoms in total. The Morgan fingerprint density at radius 1 is 1.29 bits per heavy atom. The van der Waals surface area contributed by atoms with Crippen molar-refractivity contribution in [3.63, 3.8) is 0 Å². The molecule has 0 radical (unpaired) electrons. The summed E-state index contributed by atoms with van der Waals surface area (Å²) >= 11 is 0. The average Bonchev–Trinajstić information content (AvgIpc) is 2.87. The lowest BCUT2D eigenvalue weighted by molar-refractivity contribution is 0.295. The third-order valence-corrected chi connectivity index (χ3v) is 3.73. The highest BCUT2D eigenvalue weighted by molar-refractivity contribution is 5.28. The molecule has 0 saturated heterocycles. The first-order valence-electron chi connectivity index (χ1n) is 7.53. The van der Waals surface area contributed by atoms with Crippen molar-refractivity contribution < 1.29 is 4.74 Å². The Kier molecular flexibility index (Phi) is 5.39. The maximum absolute atomic E-state index is 5.84. The third kappa shape index (κ3) is 4.33. The summed E-state index contributed by atoms with van der Waals surface area (Å²) < 4.78 is 7.73. The zero-order valence-electron chi connectivity index (χ0n) is 13.4. The van der Waals surface area contributed by atoms with E-state index in [2.05, 4.69) is 42.5 Å². The molecule has 114 valence electrons. The maximum atomic E-state index is 5.84. The number of benzene rings is 1. The van der Waals surface area contributed by atoms with Crippen LogP contribution in [-0.4, -0.2) is 22.9 Å². The summed E-state index contributed by atoms with van der Waals surface area (Å²) in [6, 6.07) is 10.9. The van der Waals surface area contributed by atoms with Gasteiger partial charge in [-0.2, -0.15) is 5.10 Å². The molecule has 1 atom stereocenters. The molecular formula is C17H25N3O. The molecule has 1 unspecified atom stereocenters. The van der Waals surface area contributed by atoms with Crippen LogP contribution in [0.4, 0.5) is 0 Å². The molecule has 0 aliphatic carbocycles. The van der Waals surface area contributed by atoms with E-state index in [1.54, 1.807) is 0 Å². The molecular weight excluding hydrogens is 262 g/mol.